The number of carbonyl (C=O) groups excluding carboxylic acids is 1. The molecule has 22 heavy (non-hydrogen) atoms. The highest BCUT2D eigenvalue weighted by molar-refractivity contribution is 5.74. The molecule has 0 bridgehead atoms. The summed E-state index contributed by atoms with van der Waals surface area (Å²) in [6, 6.07) is 2.02. The Hall–Kier alpha value is -1.83. The average Bonchev–Trinajstić information content (AvgIpc) is 2.42. The number of nitrogens with one attached hydrogen (secondary N) is 2. The molecule has 1 aromatic rings. The number of hydrogen-bond acceptors (Lipinski definition) is 3. The highest BCUT2D eigenvalue weighted by Gasteiger charge is 2.32. The third-order valence-corrected chi connectivity index (χ3v) is 3.40. The van der Waals surface area contributed by atoms with Crippen LogP contribution in [0.4, 0.5) is 18.0 Å². The summed E-state index contributed by atoms with van der Waals surface area (Å²) in [4.78, 5) is 14.9. The fourth-order valence-electron chi connectivity index (χ4n) is 2.21. The van der Waals surface area contributed by atoms with Gasteiger partial charge < -0.3 is 15.4 Å². The van der Waals surface area contributed by atoms with Gasteiger partial charge in [0.15, 0.2) is 0 Å². The van der Waals surface area contributed by atoms with E-state index >= 15 is 0 Å². The molecule has 1 fully saturated rings. The number of aromatic nitrogens is 1. The van der Waals surface area contributed by atoms with E-state index in [1.807, 2.05) is 6.92 Å². The van der Waals surface area contributed by atoms with Crippen LogP contribution in [0.2, 0.25) is 0 Å². The van der Waals surface area contributed by atoms with Crippen molar-refractivity contribution in [2.45, 2.75) is 44.6 Å². The SMILES string of the molecule is CCOC1CC(NC(=O)NCc2ccnc(C(F)(F)F)c2)C1. The molecule has 2 amide bonds. The first-order chi connectivity index (χ1) is 10.4. The van der Waals surface area contributed by atoms with Crippen molar-refractivity contribution in [3.05, 3.63) is 29.6 Å². The highest BCUT2D eigenvalue weighted by atomic mass is 19.4. The Kier molecular flexibility index (Phi) is 5.23. The van der Waals surface area contributed by atoms with Gasteiger partial charge in [0.25, 0.3) is 0 Å². The van der Waals surface area contributed by atoms with Gasteiger partial charge in [-0.15, -0.1) is 0 Å². The molecule has 0 atom stereocenters. The van der Waals surface area contributed by atoms with Gasteiger partial charge in [-0.25, -0.2) is 4.79 Å². The Morgan fingerprint density at radius 2 is 2.18 bits per heavy atom. The molecule has 0 unspecified atom stereocenters. The number of amides is 2. The molecule has 0 saturated heterocycles. The van der Waals surface area contributed by atoms with Gasteiger partial charge in [0.2, 0.25) is 0 Å². The van der Waals surface area contributed by atoms with Gasteiger partial charge in [-0.1, -0.05) is 0 Å². The molecule has 2 rings (SSSR count). The summed E-state index contributed by atoms with van der Waals surface area (Å²) in [5.74, 6) is 0. The lowest BCUT2D eigenvalue weighted by Gasteiger charge is -2.35. The minimum Gasteiger partial charge on any atom is -0.378 e. The number of rotatable bonds is 5. The minimum atomic E-state index is -4.49. The summed E-state index contributed by atoms with van der Waals surface area (Å²) >= 11 is 0. The predicted octanol–water partition coefficient (Wildman–Crippen LogP) is 2.47. The Labute approximate surface area is 126 Å². The molecule has 2 N–H and O–H groups in total. The fraction of sp³-hybridized carbons (Fsp3) is 0.571. The lowest BCUT2D eigenvalue weighted by Crippen LogP contribution is -2.50. The first kappa shape index (κ1) is 16.5. The zero-order valence-corrected chi connectivity index (χ0v) is 12.1. The van der Waals surface area contributed by atoms with E-state index in [0.29, 0.717) is 12.2 Å². The number of nitrogens with zero attached hydrogens (tertiary/aromatic N) is 1. The molecule has 8 heteroatoms. The monoisotopic (exact) mass is 317 g/mol. The summed E-state index contributed by atoms with van der Waals surface area (Å²) in [6.45, 7) is 2.57. The van der Waals surface area contributed by atoms with E-state index in [1.165, 1.54) is 6.07 Å². The van der Waals surface area contributed by atoms with Crippen LogP contribution in [0.25, 0.3) is 0 Å². The highest BCUT2D eigenvalue weighted by Crippen LogP contribution is 2.27. The van der Waals surface area contributed by atoms with Crippen molar-refractivity contribution in [3.8, 4) is 0 Å². The maximum Gasteiger partial charge on any atom is 0.433 e. The smallest absolute Gasteiger partial charge is 0.378 e. The number of carbonyl (C=O) groups is 1. The van der Waals surface area contributed by atoms with E-state index in [-0.39, 0.29) is 18.7 Å². The van der Waals surface area contributed by atoms with E-state index in [4.69, 9.17) is 4.74 Å². The molecule has 5 nitrogen and oxygen atoms in total. The van der Waals surface area contributed by atoms with Crippen molar-refractivity contribution in [2.75, 3.05) is 6.61 Å². The summed E-state index contributed by atoms with van der Waals surface area (Å²) in [5, 5.41) is 5.29. The zero-order valence-electron chi connectivity index (χ0n) is 12.1. The lowest BCUT2D eigenvalue weighted by molar-refractivity contribution is -0.141. The number of alkyl halides is 3. The quantitative estimate of drug-likeness (QED) is 0.877. The fourth-order valence-corrected chi connectivity index (χ4v) is 2.21. The topological polar surface area (TPSA) is 63.2 Å². The van der Waals surface area contributed by atoms with E-state index < -0.39 is 17.9 Å². The number of hydrogen-bond donors (Lipinski definition) is 2. The molecule has 0 aliphatic heterocycles. The molecular formula is C14H18F3N3O2. The van der Waals surface area contributed by atoms with Crippen LogP contribution < -0.4 is 10.6 Å². The second kappa shape index (κ2) is 6.95. The van der Waals surface area contributed by atoms with Gasteiger partial charge in [0.05, 0.1) is 6.10 Å². The van der Waals surface area contributed by atoms with Crippen LogP contribution in [0.3, 0.4) is 0 Å². The summed E-state index contributed by atoms with van der Waals surface area (Å²) in [7, 11) is 0. The van der Waals surface area contributed by atoms with Gasteiger partial charge in [0.1, 0.15) is 5.69 Å². The summed E-state index contributed by atoms with van der Waals surface area (Å²) in [5.41, 5.74) is -0.621. The molecule has 0 aromatic carbocycles. The Morgan fingerprint density at radius 3 is 2.82 bits per heavy atom. The Bertz CT molecular complexity index is 516. The largest absolute Gasteiger partial charge is 0.433 e. The first-order valence-electron chi connectivity index (χ1n) is 7.06. The van der Waals surface area contributed by atoms with Crippen LogP contribution in [-0.4, -0.2) is 29.8 Å². The van der Waals surface area contributed by atoms with Crippen molar-refractivity contribution in [1.82, 2.24) is 15.6 Å². The average molecular weight is 317 g/mol. The molecule has 0 radical (unpaired) electrons. The molecule has 1 aliphatic rings. The molecular weight excluding hydrogens is 299 g/mol. The van der Waals surface area contributed by atoms with Gasteiger partial charge in [-0.3, -0.25) is 4.98 Å². The third-order valence-electron chi connectivity index (χ3n) is 3.40. The number of urea groups is 1. The summed E-state index contributed by atoms with van der Waals surface area (Å²) < 4.78 is 42.9. The maximum atomic E-state index is 12.5. The lowest BCUT2D eigenvalue weighted by atomic mass is 9.89. The number of halogens is 3. The van der Waals surface area contributed by atoms with Gasteiger partial charge >= 0.3 is 12.2 Å². The van der Waals surface area contributed by atoms with E-state index in [0.717, 1.165) is 25.1 Å². The normalized spacial score (nSPS) is 21.1. The summed E-state index contributed by atoms with van der Waals surface area (Å²) in [6.07, 6.45) is -1.71. The number of ether oxygens (including phenoxy) is 1. The van der Waals surface area contributed by atoms with Gasteiger partial charge in [-0.2, -0.15) is 13.2 Å². The second-order valence-electron chi connectivity index (χ2n) is 5.12. The maximum absolute atomic E-state index is 12.5. The minimum absolute atomic E-state index is 0.0129. The third kappa shape index (κ3) is 4.59. The van der Waals surface area contributed by atoms with E-state index in [2.05, 4.69) is 15.6 Å². The van der Waals surface area contributed by atoms with E-state index in [9.17, 15) is 18.0 Å². The van der Waals surface area contributed by atoms with Crippen molar-refractivity contribution in [2.24, 2.45) is 0 Å². The van der Waals surface area contributed by atoms with Crippen molar-refractivity contribution in [3.63, 3.8) is 0 Å². The Morgan fingerprint density at radius 1 is 1.45 bits per heavy atom. The molecule has 1 aromatic heterocycles. The number of pyridine rings is 1. The van der Waals surface area contributed by atoms with Crippen molar-refractivity contribution in [1.29, 1.82) is 0 Å². The van der Waals surface area contributed by atoms with Crippen LogP contribution in [0.1, 0.15) is 31.0 Å². The van der Waals surface area contributed by atoms with Crippen molar-refractivity contribution >= 4 is 6.03 Å². The first-order valence-corrected chi connectivity index (χ1v) is 7.06. The van der Waals surface area contributed by atoms with Crippen LogP contribution in [-0.2, 0) is 17.5 Å². The van der Waals surface area contributed by atoms with Crippen LogP contribution in [0.5, 0.6) is 0 Å². The molecule has 1 aliphatic carbocycles. The Balaban J connectivity index is 1.75. The van der Waals surface area contributed by atoms with Crippen LogP contribution in [0.15, 0.2) is 18.3 Å². The van der Waals surface area contributed by atoms with Crippen molar-refractivity contribution < 1.29 is 22.7 Å². The molecule has 1 heterocycles. The zero-order chi connectivity index (χ0) is 16.2. The van der Waals surface area contributed by atoms with Gasteiger partial charge in [0, 0.05) is 25.4 Å². The predicted molar refractivity (Wildman–Crippen MR) is 73.0 cm³/mol. The van der Waals surface area contributed by atoms with Crippen LogP contribution >= 0.6 is 0 Å². The molecule has 1 saturated carbocycles. The molecule has 0 spiro atoms. The van der Waals surface area contributed by atoms with Crippen LogP contribution in [0, 0.1) is 0 Å². The standard InChI is InChI=1S/C14H18F3N3O2/c1-2-22-11-6-10(7-11)20-13(21)19-8-9-3-4-18-12(5-9)14(15,16)17/h3-5,10-11H,2,6-8H2,1H3,(H2,19,20,21). The second-order valence-corrected chi connectivity index (χ2v) is 5.12. The molecule has 122 valence electrons. The van der Waals surface area contributed by atoms with E-state index in [1.54, 1.807) is 0 Å². The van der Waals surface area contributed by atoms with Gasteiger partial charge in [-0.05, 0) is 37.5 Å².